The summed E-state index contributed by atoms with van der Waals surface area (Å²) in [7, 11) is 4.43. The van der Waals surface area contributed by atoms with Crippen molar-refractivity contribution < 1.29 is 28.5 Å². The molecule has 0 radical (unpaired) electrons. The molecular formula is C31H37BN2O7. The molecule has 1 aliphatic rings. The van der Waals surface area contributed by atoms with Crippen molar-refractivity contribution in [3.8, 4) is 5.75 Å². The van der Waals surface area contributed by atoms with E-state index in [4.69, 9.17) is 18.9 Å². The van der Waals surface area contributed by atoms with Crippen LogP contribution in [0.2, 0.25) is 0 Å². The van der Waals surface area contributed by atoms with Crippen LogP contribution in [0.1, 0.15) is 70.1 Å². The summed E-state index contributed by atoms with van der Waals surface area (Å²) in [4.78, 5) is 42.2. The van der Waals surface area contributed by atoms with Crippen molar-refractivity contribution in [1.29, 1.82) is 0 Å². The van der Waals surface area contributed by atoms with E-state index in [0.717, 1.165) is 30.5 Å². The summed E-state index contributed by atoms with van der Waals surface area (Å²) in [6.07, 6.45) is 3.16. The van der Waals surface area contributed by atoms with Gasteiger partial charge in [-0.1, -0.05) is 74.0 Å². The first-order chi connectivity index (χ1) is 19.9. The van der Waals surface area contributed by atoms with Gasteiger partial charge in [-0.05, 0) is 30.5 Å². The first kappa shape index (κ1) is 30.1. The Morgan fingerprint density at radius 1 is 1.00 bits per heavy atom. The van der Waals surface area contributed by atoms with Crippen LogP contribution in [0.4, 0.5) is 0 Å². The number of benzene rings is 2. The monoisotopic (exact) mass is 560 g/mol. The van der Waals surface area contributed by atoms with Gasteiger partial charge in [-0.3, -0.25) is 4.79 Å². The second-order valence-electron chi connectivity index (χ2n) is 10.0. The van der Waals surface area contributed by atoms with Crippen LogP contribution in [0.25, 0.3) is 0 Å². The summed E-state index contributed by atoms with van der Waals surface area (Å²) in [6, 6.07) is 19.2. The molecular weight excluding hydrogens is 523 g/mol. The van der Waals surface area contributed by atoms with Crippen molar-refractivity contribution in [1.82, 2.24) is 9.38 Å². The average molecular weight is 560 g/mol. The number of ether oxygens (including phenoxy) is 4. The number of hydrogen-bond acceptors (Lipinski definition) is 8. The number of nitrogens with zero attached hydrogens (tertiary/aromatic N) is 2. The lowest BCUT2D eigenvalue weighted by Gasteiger charge is -2.43. The zero-order valence-corrected chi connectivity index (χ0v) is 24.1. The van der Waals surface area contributed by atoms with Gasteiger partial charge in [-0.25, -0.2) is 9.59 Å². The minimum Gasteiger partial charge on any atom is -0.487 e. The molecule has 0 bridgehead atoms. The van der Waals surface area contributed by atoms with E-state index in [1.165, 1.54) is 20.4 Å². The van der Waals surface area contributed by atoms with E-state index < -0.39 is 29.6 Å². The molecule has 2 heterocycles. The van der Waals surface area contributed by atoms with Crippen molar-refractivity contribution in [3.05, 3.63) is 99.5 Å². The predicted molar refractivity (Wildman–Crippen MR) is 157 cm³/mol. The first-order valence-corrected chi connectivity index (χ1v) is 13.9. The van der Waals surface area contributed by atoms with Crippen molar-refractivity contribution >= 4 is 19.9 Å². The lowest BCUT2D eigenvalue weighted by molar-refractivity contribution is -0.0871. The van der Waals surface area contributed by atoms with Crippen LogP contribution in [-0.2, 0) is 14.2 Å². The van der Waals surface area contributed by atoms with Crippen molar-refractivity contribution in [2.45, 2.75) is 44.4 Å². The van der Waals surface area contributed by atoms with Crippen molar-refractivity contribution in [2.24, 2.45) is 0 Å². The smallest absolute Gasteiger partial charge is 0.358 e. The summed E-state index contributed by atoms with van der Waals surface area (Å²) in [5.41, 5.74) is 0.889. The summed E-state index contributed by atoms with van der Waals surface area (Å²) in [5.74, 6) is -2.18. The molecule has 216 valence electrons. The zero-order chi connectivity index (χ0) is 29.4. The van der Waals surface area contributed by atoms with Crippen LogP contribution in [0, 0.1) is 0 Å². The van der Waals surface area contributed by atoms with Crippen molar-refractivity contribution in [2.75, 3.05) is 34.0 Å². The lowest BCUT2D eigenvalue weighted by Crippen LogP contribution is -2.49. The number of carbonyl (C=O) groups is 2. The topological polar surface area (TPSA) is 96.3 Å². The highest BCUT2D eigenvalue weighted by Crippen LogP contribution is 2.41. The van der Waals surface area contributed by atoms with Crippen LogP contribution in [0.3, 0.4) is 0 Å². The van der Waals surface area contributed by atoms with Gasteiger partial charge in [0, 0.05) is 18.7 Å². The molecule has 0 saturated carbocycles. The highest BCUT2D eigenvalue weighted by molar-refractivity contribution is 6.04. The Labute approximate surface area is 241 Å². The molecule has 1 saturated heterocycles. The van der Waals surface area contributed by atoms with Gasteiger partial charge < -0.3 is 28.3 Å². The van der Waals surface area contributed by atoms with E-state index in [1.807, 2.05) is 75.6 Å². The fourth-order valence-corrected chi connectivity index (χ4v) is 5.35. The Bertz CT molecular complexity index is 1340. The SMILES string of the molecule is BN1CCCOC1[C@H](C(c1ccccc1)c1ccccc1)n1cc(C(=O)OC)c(=O)c(OCCCC)c1C(=O)OC. The zero-order valence-electron chi connectivity index (χ0n) is 24.1. The van der Waals surface area contributed by atoms with Crippen LogP contribution in [0.15, 0.2) is 71.7 Å². The highest BCUT2D eigenvalue weighted by Gasteiger charge is 2.41. The maximum absolute atomic E-state index is 13.6. The minimum absolute atomic E-state index is 0.0781. The number of hydrogen-bond donors (Lipinski definition) is 0. The Morgan fingerprint density at radius 3 is 2.15 bits per heavy atom. The van der Waals surface area contributed by atoms with Gasteiger partial charge in [0.25, 0.3) is 0 Å². The highest BCUT2D eigenvalue weighted by atomic mass is 16.5. The van der Waals surface area contributed by atoms with Crippen molar-refractivity contribution in [3.63, 3.8) is 0 Å². The largest absolute Gasteiger partial charge is 0.487 e. The summed E-state index contributed by atoms with van der Waals surface area (Å²) in [6.45, 7) is 3.45. The summed E-state index contributed by atoms with van der Waals surface area (Å²) in [5, 5.41) is 0. The number of esters is 2. The van der Waals surface area contributed by atoms with E-state index >= 15 is 0 Å². The van der Waals surface area contributed by atoms with Gasteiger partial charge in [0.15, 0.2) is 19.4 Å². The van der Waals surface area contributed by atoms with E-state index in [-0.39, 0.29) is 29.5 Å². The number of unbranched alkanes of at least 4 members (excludes halogenated alkanes) is 1. The molecule has 2 atom stereocenters. The van der Waals surface area contributed by atoms with Gasteiger partial charge in [0.05, 0.1) is 26.9 Å². The molecule has 41 heavy (non-hydrogen) atoms. The van der Waals surface area contributed by atoms with Gasteiger partial charge in [0.2, 0.25) is 5.43 Å². The van der Waals surface area contributed by atoms with Gasteiger partial charge >= 0.3 is 11.9 Å². The van der Waals surface area contributed by atoms with E-state index in [2.05, 4.69) is 4.81 Å². The molecule has 0 spiro atoms. The maximum Gasteiger partial charge on any atom is 0.358 e. The third-order valence-corrected chi connectivity index (χ3v) is 7.37. The third kappa shape index (κ3) is 6.55. The molecule has 0 N–H and O–H groups in total. The standard InChI is InChI=1S/C31H37BN2O7/c1-4-5-18-40-28-26(31(37)39-3)33(20-23(27(28)35)30(36)38-2)25(29-34(32)17-12-19-41-29)24(21-13-8-6-9-14-21)22-15-10-7-11-16-22/h6-11,13-16,20,24-25,29H,4-5,12,17-19,32H2,1-3H3/t25-,29?/m0/s1. The second-order valence-corrected chi connectivity index (χ2v) is 10.0. The first-order valence-electron chi connectivity index (χ1n) is 13.9. The Hall–Kier alpha value is -3.89. The predicted octanol–water partition coefficient (Wildman–Crippen LogP) is 3.57. The molecule has 1 unspecified atom stereocenters. The molecule has 4 rings (SSSR count). The minimum atomic E-state index is -0.826. The molecule has 0 amide bonds. The molecule has 3 aromatic rings. The average Bonchev–Trinajstić information content (AvgIpc) is 3.01. The van der Waals surface area contributed by atoms with E-state index in [1.54, 1.807) is 4.57 Å². The number of methoxy groups -OCH3 is 2. The molecule has 0 aliphatic carbocycles. The van der Waals surface area contributed by atoms with Gasteiger partial charge in [-0.15, -0.1) is 0 Å². The molecule has 1 fully saturated rings. The lowest BCUT2D eigenvalue weighted by atomic mass is 9.82. The second kappa shape index (κ2) is 14.1. The Kier molecular flexibility index (Phi) is 10.4. The number of carbonyl (C=O) groups excluding carboxylic acids is 2. The molecule has 9 nitrogen and oxygen atoms in total. The fourth-order valence-electron chi connectivity index (χ4n) is 5.35. The summed E-state index contributed by atoms with van der Waals surface area (Å²) >= 11 is 0. The van der Waals surface area contributed by atoms with Crippen LogP contribution >= 0.6 is 0 Å². The normalized spacial score (nSPS) is 16.2. The fraction of sp³-hybridized carbons (Fsp3) is 0.387. The Balaban J connectivity index is 2.10. The third-order valence-electron chi connectivity index (χ3n) is 7.37. The molecule has 10 heteroatoms. The number of aromatic nitrogens is 1. The molecule has 1 aliphatic heterocycles. The maximum atomic E-state index is 13.6. The molecule has 2 aromatic carbocycles. The number of rotatable bonds is 11. The van der Waals surface area contributed by atoms with E-state index in [0.29, 0.717) is 13.0 Å². The quantitative estimate of drug-likeness (QED) is 0.200. The van der Waals surface area contributed by atoms with Crippen LogP contribution < -0.4 is 10.2 Å². The van der Waals surface area contributed by atoms with Gasteiger partial charge in [-0.2, -0.15) is 0 Å². The summed E-state index contributed by atoms with van der Waals surface area (Å²) < 4.78 is 24.2. The molecule has 1 aromatic heterocycles. The van der Waals surface area contributed by atoms with E-state index in [9.17, 15) is 14.4 Å². The number of pyridine rings is 1. The Morgan fingerprint density at radius 2 is 1.61 bits per heavy atom. The van der Waals surface area contributed by atoms with Crippen LogP contribution in [-0.4, -0.2) is 69.5 Å². The van der Waals surface area contributed by atoms with Gasteiger partial charge in [0.1, 0.15) is 11.8 Å². The van der Waals surface area contributed by atoms with Crippen LogP contribution in [0.5, 0.6) is 5.75 Å².